The van der Waals surface area contributed by atoms with Crippen molar-refractivity contribution in [2.24, 2.45) is 0 Å². The van der Waals surface area contributed by atoms with Gasteiger partial charge in [-0.05, 0) is 33.1 Å². The molecule has 0 atom stereocenters. The van der Waals surface area contributed by atoms with Crippen molar-refractivity contribution in [3.8, 4) is 0 Å². The number of carbonyl (C=O) groups is 1. The first kappa shape index (κ1) is 26.7. The summed E-state index contributed by atoms with van der Waals surface area (Å²) < 4.78 is 36.3. The van der Waals surface area contributed by atoms with Gasteiger partial charge in [0.15, 0.2) is 0 Å². The van der Waals surface area contributed by atoms with Gasteiger partial charge >= 0.3 is 0 Å². The number of rotatable bonds is 16. The molecule has 4 N–H and O–H groups in total. The van der Waals surface area contributed by atoms with E-state index >= 15 is 0 Å². The fourth-order valence-corrected chi connectivity index (χ4v) is 3.42. The molecule has 152 valence electrons. The highest BCUT2D eigenvalue weighted by Crippen LogP contribution is 2.20. The number of Topliss-reactive ketones (excluding diaryl/α,β-unsaturated/α-hetero) is 1. The summed E-state index contributed by atoms with van der Waals surface area (Å²) in [6.07, 6.45) is 13.0. The van der Waals surface area contributed by atoms with Gasteiger partial charge in [0.05, 0.1) is 5.60 Å². The molecule has 0 saturated heterocycles. The molecule has 0 fully saturated rings. The lowest BCUT2D eigenvalue weighted by atomic mass is 9.99. The van der Waals surface area contributed by atoms with Crippen LogP contribution in [0.2, 0.25) is 0 Å². The molecular weight excluding hydrogens is 342 g/mol. The second-order valence-electron chi connectivity index (χ2n) is 7.22. The molecule has 0 saturated carbocycles. The van der Waals surface area contributed by atoms with E-state index in [1.165, 1.54) is 44.9 Å². The van der Waals surface area contributed by atoms with Crippen LogP contribution in [-0.4, -0.2) is 24.4 Å². The van der Waals surface area contributed by atoms with Crippen LogP contribution < -0.4 is 6.15 Å². The van der Waals surface area contributed by atoms with E-state index in [9.17, 15) is 17.8 Å². The predicted molar refractivity (Wildman–Crippen MR) is 102 cm³/mol. The molecule has 25 heavy (non-hydrogen) atoms. The van der Waals surface area contributed by atoms with Gasteiger partial charge in [-0.2, -0.15) is 0 Å². The van der Waals surface area contributed by atoms with Gasteiger partial charge in [-0.25, -0.2) is 8.42 Å². The number of quaternary nitrogens is 1. The number of ketones is 1. The number of carbonyl (C=O) groups excluding carboxylic acids is 1. The monoisotopic (exact) mass is 381 g/mol. The van der Waals surface area contributed by atoms with Gasteiger partial charge in [0.2, 0.25) is 10.4 Å². The Kier molecular flexibility index (Phi) is 15.7. The Bertz CT molecular complexity index is 435. The molecule has 0 aliphatic rings. The molecule has 0 bridgehead atoms. The zero-order valence-corrected chi connectivity index (χ0v) is 17.5. The standard InChI is InChI=1S/C18H36O5S.H3N/c1-4-5-6-7-8-9-10-11-12-14-17(19)15-13-16-18(2,3)23-24(20,21)22;/h4-16H2,1-3H3,(H,20,21,22);1H3. The molecule has 0 spiro atoms. The second kappa shape index (κ2) is 14.6. The molecule has 0 aromatic heterocycles. The number of hydrogen-bond acceptors (Lipinski definition) is 5. The van der Waals surface area contributed by atoms with Crippen LogP contribution in [0.4, 0.5) is 0 Å². The number of hydrogen-bond donors (Lipinski definition) is 1. The van der Waals surface area contributed by atoms with Gasteiger partial charge in [-0.1, -0.05) is 58.3 Å². The third-order valence-corrected chi connectivity index (χ3v) is 4.78. The van der Waals surface area contributed by atoms with E-state index in [-0.39, 0.29) is 11.9 Å². The lowest BCUT2D eigenvalue weighted by Crippen LogP contribution is -2.28. The van der Waals surface area contributed by atoms with Crippen LogP contribution in [0.5, 0.6) is 0 Å². The average Bonchev–Trinajstić information content (AvgIpc) is 2.42. The van der Waals surface area contributed by atoms with Crippen LogP contribution in [-0.2, 0) is 19.4 Å². The molecule has 0 rings (SSSR count). The van der Waals surface area contributed by atoms with Gasteiger partial charge in [0.1, 0.15) is 5.78 Å². The molecule has 0 aromatic rings. The molecule has 6 nitrogen and oxygen atoms in total. The topological polar surface area (TPSA) is 120 Å². The quantitative estimate of drug-likeness (QED) is 0.221. The van der Waals surface area contributed by atoms with Gasteiger partial charge in [0, 0.05) is 12.8 Å². The van der Waals surface area contributed by atoms with Crippen molar-refractivity contribution in [1.29, 1.82) is 0 Å². The lowest BCUT2D eigenvalue weighted by Gasteiger charge is -2.25. The molecule has 0 radical (unpaired) electrons. The van der Waals surface area contributed by atoms with Crippen LogP contribution in [0.25, 0.3) is 0 Å². The zero-order chi connectivity index (χ0) is 18.5. The maximum absolute atomic E-state index is 11.8. The molecular formula is C18H39NO5S. The molecule has 0 amide bonds. The first-order valence-corrected chi connectivity index (χ1v) is 10.7. The van der Waals surface area contributed by atoms with Crippen LogP contribution >= 0.6 is 0 Å². The first-order valence-electron chi connectivity index (χ1n) is 9.34. The van der Waals surface area contributed by atoms with Crippen LogP contribution in [0.3, 0.4) is 0 Å². The van der Waals surface area contributed by atoms with Gasteiger partial charge in [0.25, 0.3) is 0 Å². The van der Waals surface area contributed by atoms with E-state index in [0.717, 1.165) is 12.8 Å². The Balaban J connectivity index is 0. The summed E-state index contributed by atoms with van der Waals surface area (Å²) in [4.78, 5) is 11.8. The van der Waals surface area contributed by atoms with E-state index in [4.69, 9.17) is 0 Å². The second-order valence-corrected chi connectivity index (χ2v) is 8.21. The van der Waals surface area contributed by atoms with E-state index < -0.39 is 16.0 Å². The smallest absolute Gasteiger partial charge is 0.218 e. The maximum atomic E-state index is 11.8. The van der Waals surface area contributed by atoms with Crippen molar-refractivity contribution >= 4 is 16.2 Å². The minimum Gasteiger partial charge on any atom is -0.726 e. The summed E-state index contributed by atoms with van der Waals surface area (Å²) >= 11 is 0. The van der Waals surface area contributed by atoms with Gasteiger partial charge in [-0.15, -0.1) is 0 Å². The molecule has 0 heterocycles. The Morgan fingerprint density at radius 3 is 1.80 bits per heavy atom. The molecule has 0 unspecified atom stereocenters. The molecule has 7 heteroatoms. The summed E-state index contributed by atoms with van der Waals surface area (Å²) in [5.41, 5.74) is -1.04. The molecule has 0 aliphatic carbocycles. The third-order valence-electron chi connectivity index (χ3n) is 4.12. The van der Waals surface area contributed by atoms with Crippen LogP contribution in [0, 0.1) is 0 Å². The van der Waals surface area contributed by atoms with Crippen LogP contribution in [0.15, 0.2) is 0 Å². The Morgan fingerprint density at radius 2 is 1.32 bits per heavy atom. The average molecular weight is 382 g/mol. The summed E-state index contributed by atoms with van der Waals surface area (Å²) in [6.45, 7) is 5.32. The lowest BCUT2D eigenvalue weighted by molar-refractivity contribution is -0.119. The minimum absolute atomic E-state index is 0. The van der Waals surface area contributed by atoms with E-state index in [1.807, 2.05) is 0 Å². The van der Waals surface area contributed by atoms with Gasteiger partial charge < -0.3 is 10.7 Å². The zero-order valence-electron chi connectivity index (χ0n) is 16.6. The Labute approximate surface area is 154 Å². The van der Waals surface area contributed by atoms with E-state index in [0.29, 0.717) is 25.7 Å². The summed E-state index contributed by atoms with van der Waals surface area (Å²) in [5.74, 6) is 0.207. The van der Waals surface area contributed by atoms with Crippen molar-refractivity contribution in [3.05, 3.63) is 0 Å². The van der Waals surface area contributed by atoms with Crippen molar-refractivity contribution in [1.82, 2.24) is 6.15 Å². The highest BCUT2D eigenvalue weighted by molar-refractivity contribution is 7.80. The van der Waals surface area contributed by atoms with E-state index in [1.54, 1.807) is 13.8 Å². The van der Waals surface area contributed by atoms with Crippen LogP contribution in [0.1, 0.15) is 104 Å². The highest BCUT2D eigenvalue weighted by atomic mass is 32.3. The third kappa shape index (κ3) is 19.7. The molecule has 0 aromatic carbocycles. The summed E-state index contributed by atoms with van der Waals surface area (Å²) in [6, 6.07) is 0. The Morgan fingerprint density at radius 1 is 0.880 bits per heavy atom. The normalized spacial score (nSPS) is 12.0. The van der Waals surface area contributed by atoms with Crippen molar-refractivity contribution in [3.63, 3.8) is 0 Å². The molecule has 0 aliphatic heterocycles. The SMILES string of the molecule is CCCCCCCCCCCC(=O)CCCC(C)(C)OS(=O)(=O)[O-].[NH4+]. The predicted octanol–water partition coefficient (Wildman–Crippen LogP) is 5.28. The summed E-state index contributed by atoms with van der Waals surface area (Å²) in [5, 5.41) is 0. The first-order chi connectivity index (χ1) is 11.2. The van der Waals surface area contributed by atoms with Crippen molar-refractivity contribution in [2.45, 2.75) is 110 Å². The van der Waals surface area contributed by atoms with Crippen molar-refractivity contribution in [2.75, 3.05) is 0 Å². The largest absolute Gasteiger partial charge is 0.726 e. The fraction of sp³-hybridized carbons (Fsp3) is 0.944. The summed E-state index contributed by atoms with van der Waals surface area (Å²) in [7, 11) is -4.70. The van der Waals surface area contributed by atoms with Crippen molar-refractivity contribution < 1.29 is 21.9 Å². The highest BCUT2D eigenvalue weighted by Gasteiger charge is 2.21. The van der Waals surface area contributed by atoms with Gasteiger partial charge in [-0.3, -0.25) is 8.98 Å². The Hall–Kier alpha value is -0.500. The fourth-order valence-electron chi connectivity index (χ4n) is 2.79. The number of unbranched alkanes of at least 4 members (excludes halogenated alkanes) is 8. The maximum Gasteiger partial charge on any atom is 0.218 e. The van der Waals surface area contributed by atoms with E-state index in [2.05, 4.69) is 11.1 Å². The minimum atomic E-state index is -4.70.